The quantitative estimate of drug-likeness (QED) is 0.418. The number of hydrogen-bond donors (Lipinski definition) is 2. The summed E-state index contributed by atoms with van der Waals surface area (Å²) in [6.45, 7) is 1.86. The van der Waals surface area contributed by atoms with Gasteiger partial charge in [0.25, 0.3) is 5.95 Å². The second kappa shape index (κ2) is 5.97. The molecule has 4 aromatic rings. The van der Waals surface area contributed by atoms with Gasteiger partial charge in [0, 0.05) is 16.1 Å². The molecule has 1 aromatic carbocycles. The molecule has 0 amide bonds. The van der Waals surface area contributed by atoms with Gasteiger partial charge in [0.2, 0.25) is 0 Å². The SMILES string of the molecule is CC(=NNc1nnc2c(n1)[nH]c1cccc(Br)c12)c1ccccn1. The normalized spacial score (nSPS) is 12.0. The molecule has 7 nitrogen and oxygen atoms in total. The standard InChI is InChI=1S/C16H12BrN7/c1-9(11-6-2-3-8-18-11)21-23-16-20-15-14(22-24-16)13-10(17)5-4-7-12(13)19-15/h2-8H,1H3,(H2,19,20,23,24). The zero-order valence-corrected chi connectivity index (χ0v) is 14.2. The van der Waals surface area contributed by atoms with Crippen LogP contribution < -0.4 is 5.43 Å². The van der Waals surface area contributed by atoms with Gasteiger partial charge in [-0.25, -0.2) is 5.43 Å². The molecule has 0 bridgehead atoms. The van der Waals surface area contributed by atoms with Gasteiger partial charge in [-0.05, 0) is 31.2 Å². The number of aromatic nitrogens is 5. The summed E-state index contributed by atoms with van der Waals surface area (Å²) in [5.74, 6) is 0.320. The van der Waals surface area contributed by atoms with E-state index in [2.05, 4.69) is 51.6 Å². The monoisotopic (exact) mass is 381 g/mol. The summed E-state index contributed by atoms with van der Waals surface area (Å²) in [7, 11) is 0. The molecule has 118 valence electrons. The van der Waals surface area contributed by atoms with E-state index in [9.17, 15) is 0 Å². The van der Waals surface area contributed by atoms with Gasteiger partial charge in [0.15, 0.2) is 5.65 Å². The Balaban J connectivity index is 1.68. The Bertz CT molecular complexity index is 1060. The Morgan fingerprint density at radius 3 is 2.92 bits per heavy atom. The number of halogens is 1. The Morgan fingerprint density at radius 1 is 1.17 bits per heavy atom. The van der Waals surface area contributed by atoms with Crippen LogP contribution in [0.2, 0.25) is 0 Å². The summed E-state index contributed by atoms with van der Waals surface area (Å²) in [5, 5.41) is 13.6. The van der Waals surface area contributed by atoms with Crippen LogP contribution in [0.25, 0.3) is 22.1 Å². The number of benzene rings is 1. The number of hydrogen-bond acceptors (Lipinski definition) is 6. The first-order valence-electron chi connectivity index (χ1n) is 7.25. The summed E-state index contributed by atoms with van der Waals surface area (Å²) in [5.41, 5.74) is 6.67. The molecule has 0 saturated carbocycles. The smallest absolute Gasteiger partial charge is 0.265 e. The second-order valence-electron chi connectivity index (χ2n) is 5.14. The van der Waals surface area contributed by atoms with E-state index in [0.717, 1.165) is 26.8 Å². The van der Waals surface area contributed by atoms with Crippen LogP contribution in [0.4, 0.5) is 5.95 Å². The fourth-order valence-corrected chi connectivity index (χ4v) is 2.95. The Labute approximate surface area is 145 Å². The van der Waals surface area contributed by atoms with Crippen molar-refractivity contribution in [3.63, 3.8) is 0 Å². The average Bonchev–Trinajstić information content (AvgIpc) is 2.99. The lowest BCUT2D eigenvalue weighted by Crippen LogP contribution is -2.04. The summed E-state index contributed by atoms with van der Waals surface area (Å²) >= 11 is 3.53. The molecular weight excluding hydrogens is 370 g/mol. The third-order valence-corrected chi connectivity index (χ3v) is 4.21. The van der Waals surface area contributed by atoms with Crippen LogP contribution in [0.5, 0.6) is 0 Å². The van der Waals surface area contributed by atoms with Crippen molar-refractivity contribution in [3.05, 3.63) is 52.8 Å². The highest BCUT2D eigenvalue weighted by atomic mass is 79.9. The lowest BCUT2D eigenvalue weighted by Gasteiger charge is -2.01. The zero-order chi connectivity index (χ0) is 16.5. The predicted octanol–water partition coefficient (Wildman–Crippen LogP) is 3.50. The lowest BCUT2D eigenvalue weighted by atomic mass is 10.2. The van der Waals surface area contributed by atoms with Crippen molar-refractivity contribution in [2.24, 2.45) is 5.10 Å². The van der Waals surface area contributed by atoms with Crippen molar-refractivity contribution < 1.29 is 0 Å². The first kappa shape index (κ1) is 14.7. The minimum Gasteiger partial charge on any atom is -0.338 e. The van der Waals surface area contributed by atoms with Crippen molar-refractivity contribution in [3.8, 4) is 0 Å². The van der Waals surface area contributed by atoms with Gasteiger partial charge in [0.1, 0.15) is 5.52 Å². The molecular formula is C16H12BrN7. The van der Waals surface area contributed by atoms with Crippen molar-refractivity contribution in [1.29, 1.82) is 0 Å². The number of nitrogens with zero attached hydrogens (tertiary/aromatic N) is 5. The average molecular weight is 382 g/mol. The number of aromatic amines is 1. The summed E-state index contributed by atoms with van der Waals surface area (Å²) < 4.78 is 0.951. The van der Waals surface area contributed by atoms with E-state index in [4.69, 9.17) is 0 Å². The Kier molecular flexibility index (Phi) is 3.66. The van der Waals surface area contributed by atoms with E-state index < -0.39 is 0 Å². The van der Waals surface area contributed by atoms with E-state index >= 15 is 0 Å². The van der Waals surface area contributed by atoms with E-state index in [0.29, 0.717) is 17.1 Å². The molecule has 24 heavy (non-hydrogen) atoms. The summed E-state index contributed by atoms with van der Waals surface area (Å²) in [6.07, 6.45) is 1.72. The van der Waals surface area contributed by atoms with Crippen molar-refractivity contribution >= 4 is 49.7 Å². The fraction of sp³-hybridized carbons (Fsp3) is 0.0625. The molecule has 0 aliphatic carbocycles. The molecule has 0 radical (unpaired) electrons. The van der Waals surface area contributed by atoms with Gasteiger partial charge in [0.05, 0.1) is 16.9 Å². The number of pyridine rings is 1. The van der Waals surface area contributed by atoms with Gasteiger partial charge in [-0.2, -0.15) is 10.1 Å². The molecule has 3 heterocycles. The molecule has 0 aliphatic heterocycles. The van der Waals surface area contributed by atoms with Gasteiger partial charge < -0.3 is 4.98 Å². The van der Waals surface area contributed by atoms with Crippen LogP contribution in [0.3, 0.4) is 0 Å². The zero-order valence-electron chi connectivity index (χ0n) is 12.7. The Hall–Kier alpha value is -2.87. The molecule has 0 aliphatic rings. The van der Waals surface area contributed by atoms with Crippen molar-refractivity contribution in [2.75, 3.05) is 5.43 Å². The maximum atomic E-state index is 4.43. The highest BCUT2D eigenvalue weighted by Gasteiger charge is 2.11. The Morgan fingerprint density at radius 2 is 2.08 bits per heavy atom. The molecule has 4 rings (SSSR count). The highest BCUT2D eigenvalue weighted by molar-refractivity contribution is 9.10. The van der Waals surface area contributed by atoms with Gasteiger partial charge in [-0.1, -0.05) is 28.1 Å². The number of hydrazone groups is 1. The largest absolute Gasteiger partial charge is 0.338 e. The fourth-order valence-electron chi connectivity index (χ4n) is 2.39. The summed E-state index contributed by atoms with van der Waals surface area (Å²) in [6, 6.07) is 11.5. The summed E-state index contributed by atoms with van der Waals surface area (Å²) in [4.78, 5) is 11.9. The first-order chi connectivity index (χ1) is 11.7. The third-order valence-electron chi connectivity index (χ3n) is 3.55. The van der Waals surface area contributed by atoms with E-state index in [1.807, 2.05) is 43.3 Å². The number of H-pyrrole nitrogens is 1. The molecule has 0 spiro atoms. The molecule has 0 fully saturated rings. The molecule has 0 saturated heterocycles. The number of fused-ring (bicyclic) bond motifs is 3. The van der Waals surface area contributed by atoms with E-state index in [1.165, 1.54) is 0 Å². The number of rotatable bonds is 3. The number of anilines is 1. The van der Waals surface area contributed by atoms with Crippen LogP contribution in [0.1, 0.15) is 12.6 Å². The van der Waals surface area contributed by atoms with E-state index in [1.54, 1.807) is 6.20 Å². The van der Waals surface area contributed by atoms with Crippen molar-refractivity contribution in [2.45, 2.75) is 6.92 Å². The molecule has 3 aromatic heterocycles. The first-order valence-corrected chi connectivity index (χ1v) is 8.04. The topological polar surface area (TPSA) is 91.7 Å². The molecule has 0 atom stereocenters. The van der Waals surface area contributed by atoms with Gasteiger partial charge in [-0.3, -0.25) is 4.98 Å². The second-order valence-corrected chi connectivity index (χ2v) is 6.00. The van der Waals surface area contributed by atoms with E-state index in [-0.39, 0.29) is 0 Å². The molecule has 2 N–H and O–H groups in total. The predicted molar refractivity (Wildman–Crippen MR) is 97.0 cm³/mol. The van der Waals surface area contributed by atoms with Crippen LogP contribution in [0, 0.1) is 0 Å². The maximum Gasteiger partial charge on any atom is 0.265 e. The minimum absolute atomic E-state index is 0.320. The highest BCUT2D eigenvalue weighted by Crippen LogP contribution is 2.29. The van der Waals surface area contributed by atoms with Gasteiger partial charge in [-0.15, -0.1) is 10.2 Å². The van der Waals surface area contributed by atoms with Crippen LogP contribution in [0.15, 0.2) is 52.2 Å². The van der Waals surface area contributed by atoms with Crippen LogP contribution in [-0.4, -0.2) is 30.9 Å². The minimum atomic E-state index is 0.320. The lowest BCUT2D eigenvalue weighted by molar-refractivity contribution is 1.01. The van der Waals surface area contributed by atoms with Crippen LogP contribution in [-0.2, 0) is 0 Å². The van der Waals surface area contributed by atoms with Gasteiger partial charge >= 0.3 is 0 Å². The van der Waals surface area contributed by atoms with Crippen LogP contribution >= 0.6 is 15.9 Å². The van der Waals surface area contributed by atoms with Crippen molar-refractivity contribution in [1.82, 2.24) is 25.1 Å². The molecule has 8 heteroatoms. The maximum absolute atomic E-state index is 4.43. The third kappa shape index (κ3) is 2.61. The number of nitrogens with one attached hydrogen (secondary N) is 2. The molecule has 0 unspecified atom stereocenters.